The van der Waals surface area contributed by atoms with Crippen molar-refractivity contribution in [2.45, 2.75) is 58.5 Å². The number of nitrogens with zero attached hydrogens (tertiary/aromatic N) is 2. The maximum Gasteiger partial charge on any atom is 0.133 e. The fourth-order valence-electron chi connectivity index (χ4n) is 2.45. The highest BCUT2D eigenvalue weighted by Crippen LogP contribution is 2.16. The van der Waals surface area contributed by atoms with E-state index in [1.54, 1.807) is 0 Å². The Labute approximate surface area is 127 Å². The monoisotopic (exact) mass is 292 g/mol. The van der Waals surface area contributed by atoms with Crippen LogP contribution in [0.25, 0.3) is 0 Å². The molecule has 0 bridgehead atoms. The third kappa shape index (κ3) is 5.50. The predicted octanol–water partition coefficient (Wildman–Crippen LogP) is 3.23. The third-order valence-electron chi connectivity index (χ3n) is 3.59. The van der Waals surface area contributed by atoms with E-state index in [1.165, 1.54) is 12.8 Å². The first kappa shape index (κ1) is 16.0. The molecule has 0 saturated carbocycles. The molecule has 1 unspecified atom stereocenters. The average molecular weight is 292 g/mol. The van der Waals surface area contributed by atoms with Gasteiger partial charge in [-0.2, -0.15) is 0 Å². The van der Waals surface area contributed by atoms with Gasteiger partial charge in [0, 0.05) is 32.2 Å². The van der Waals surface area contributed by atoms with Gasteiger partial charge in [0.2, 0.25) is 0 Å². The average Bonchev–Trinajstić information content (AvgIpc) is 2.52. The lowest BCUT2D eigenvalue weighted by Crippen LogP contribution is -2.27. The summed E-state index contributed by atoms with van der Waals surface area (Å²) >= 11 is 0. The zero-order valence-electron chi connectivity index (χ0n) is 13.3. The Balaban J connectivity index is 1.96. The zero-order valence-corrected chi connectivity index (χ0v) is 13.3. The van der Waals surface area contributed by atoms with Crippen molar-refractivity contribution in [2.75, 3.05) is 30.3 Å². The quantitative estimate of drug-likeness (QED) is 0.770. The highest BCUT2D eigenvalue weighted by atomic mass is 16.5. The second-order valence-electron chi connectivity index (χ2n) is 5.60. The van der Waals surface area contributed by atoms with Crippen molar-refractivity contribution in [3.05, 3.63) is 11.9 Å². The molecule has 21 heavy (non-hydrogen) atoms. The van der Waals surface area contributed by atoms with E-state index in [4.69, 9.17) is 4.74 Å². The van der Waals surface area contributed by atoms with E-state index < -0.39 is 0 Å². The van der Waals surface area contributed by atoms with Gasteiger partial charge in [0.15, 0.2) is 0 Å². The molecule has 5 heteroatoms. The molecule has 0 spiro atoms. The number of anilines is 2. The van der Waals surface area contributed by atoms with E-state index in [0.29, 0.717) is 6.10 Å². The van der Waals surface area contributed by atoms with Gasteiger partial charge in [0.05, 0.1) is 6.10 Å². The molecule has 1 aliphatic heterocycles. The largest absolute Gasteiger partial charge is 0.376 e. The first-order valence-electron chi connectivity index (χ1n) is 8.29. The van der Waals surface area contributed by atoms with Crippen LogP contribution in [0, 0.1) is 0 Å². The molecule has 2 N–H and O–H groups in total. The maximum absolute atomic E-state index is 5.75. The van der Waals surface area contributed by atoms with E-state index in [-0.39, 0.29) is 0 Å². The Hall–Kier alpha value is -1.36. The fraction of sp³-hybridized carbons (Fsp3) is 0.750. The SMILES string of the molecule is CCCNc1cc(NCC2CCCCO2)nc(CCC)n1. The number of hydrogen-bond acceptors (Lipinski definition) is 5. The summed E-state index contributed by atoms with van der Waals surface area (Å²) < 4.78 is 5.75. The van der Waals surface area contributed by atoms with Gasteiger partial charge in [-0.1, -0.05) is 13.8 Å². The van der Waals surface area contributed by atoms with Gasteiger partial charge >= 0.3 is 0 Å². The highest BCUT2D eigenvalue weighted by Gasteiger charge is 2.14. The molecule has 118 valence electrons. The van der Waals surface area contributed by atoms with Crippen LogP contribution in [0.2, 0.25) is 0 Å². The van der Waals surface area contributed by atoms with E-state index >= 15 is 0 Å². The molecule has 0 radical (unpaired) electrons. The van der Waals surface area contributed by atoms with E-state index in [9.17, 15) is 0 Å². The Morgan fingerprint density at radius 2 is 1.95 bits per heavy atom. The Morgan fingerprint density at radius 1 is 1.14 bits per heavy atom. The molecule has 0 aliphatic carbocycles. The number of ether oxygens (including phenoxy) is 1. The van der Waals surface area contributed by atoms with Crippen LogP contribution in [-0.4, -0.2) is 35.8 Å². The zero-order chi connectivity index (χ0) is 14.9. The van der Waals surface area contributed by atoms with E-state index in [2.05, 4.69) is 34.4 Å². The van der Waals surface area contributed by atoms with Crippen LogP contribution >= 0.6 is 0 Å². The van der Waals surface area contributed by atoms with E-state index in [1.807, 2.05) is 6.07 Å². The molecule has 1 fully saturated rings. The fourth-order valence-corrected chi connectivity index (χ4v) is 2.45. The number of nitrogens with one attached hydrogen (secondary N) is 2. The first-order valence-corrected chi connectivity index (χ1v) is 8.29. The van der Waals surface area contributed by atoms with Crippen LogP contribution in [0.3, 0.4) is 0 Å². The van der Waals surface area contributed by atoms with Crippen LogP contribution < -0.4 is 10.6 Å². The van der Waals surface area contributed by atoms with Crippen LogP contribution in [0.5, 0.6) is 0 Å². The van der Waals surface area contributed by atoms with Crippen molar-refractivity contribution in [1.82, 2.24) is 9.97 Å². The smallest absolute Gasteiger partial charge is 0.133 e. The lowest BCUT2D eigenvalue weighted by atomic mass is 10.1. The minimum Gasteiger partial charge on any atom is -0.376 e. The maximum atomic E-state index is 5.75. The van der Waals surface area contributed by atoms with E-state index in [0.717, 1.165) is 62.8 Å². The molecule has 5 nitrogen and oxygen atoms in total. The summed E-state index contributed by atoms with van der Waals surface area (Å²) in [5.74, 6) is 2.73. The van der Waals surface area contributed by atoms with Crippen molar-refractivity contribution >= 4 is 11.6 Å². The predicted molar refractivity (Wildman–Crippen MR) is 86.9 cm³/mol. The molecule has 2 rings (SSSR count). The summed E-state index contributed by atoms with van der Waals surface area (Å²) in [5, 5.41) is 6.76. The molecule has 0 amide bonds. The van der Waals surface area contributed by atoms with Crippen LogP contribution in [0.1, 0.15) is 51.8 Å². The summed E-state index contributed by atoms with van der Waals surface area (Å²) in [5.41, 5.74) is 0. The first-order chi connectivity index (χ1) is 10.3. The molecule has 1 atom stereocenters. The Bertz CT molecular complexity index is 419. The van der Waals surface area contributed by atoms with Gasteiger partial charge in [-0.25, -0.2) is 9.97 Å². The number of rotatable bonds is 8. The summed E-state index contributed by atoms with van der Waals surface area (Å²) in [6.07, 6.45) is 6.97. The van der Waals surface area contributed by atoms with Crippen LogP contribution in [-0.2, 0) is 11.2 Å². The molecular formula is C16H28N4O. The molecular weight excluding hydrogens is 264 g/mol. The summed E-state index contributed by atoms with van der Waals surface area (Å²) in [4.78, 5) is 9.16. The van der Waals surface area contributed by atoms with Crippen molar-refractivity contribution in [2.24, 2.45) is 0 Å². The molecule has 1 aliphatic rings. The van der Waals surface area contributed by atoms with Crippen molar-refractivity contribution < 1.29 is 4.74 Å². The standard InChI is InChI=1S/C16H28N4O/c1-3-7-14-19-15(17-9-4-2)11-16(20-14)18-12-13-8-5-6-10-21-13/h11,13H,3-10,12H2,1-2H3,(H2,17,18,19,20). The Morgan fingerprint density at radius 3 is 2.62 bits per heavy atom. The van der Waals surface area contributed by atoms with Gasteiger partial charge in [0.25, 0.3) is 0 Å². The molecule has 1 aromatic rings. The normalized spacial score (nSPS) is 18.5. The van der Waals surface area contributed by atoms with Gasteiger partial charge in [-0.15, -0.1) is 0 Å². The second kappa shape index (κ2) is 8.82. The van der Waals surface area contributed by atoms with Crippen molar-refractivity contribution in [3.63, 3.8) is 0 Å². The van der Waals surface area contributed by atoms with Crippen LogP contribution in [0.15, 0.2) is 6.07 Å². The summed E-state index contributed by atoms with van der Waals surface area (Å²) in [6.45, 7) is 6.96. The van der Waals surface area contributed by atoms with Crippen molar-refractivity contribution in [1.29, 1.82) is 0 Å². The topological polar surface area (TPSA) is 59.1 Å². The number of hydrogen-bond donors (Lipinski definition) is 2. The van der Waals surface area contributed by atoms with Gasteiger partial charge in [0.1, 0.15) is 17.5 Å². The molecule has 1 aromatic heterocycles. The highest BCUT2D eigenvalue weighted by molar-refractivity contribution is 5.47. The second-order valence-corrected chi connectivity index (χ2v) is 5.60. The Kier molecular flexibility index (Phi) is 6.73. The summed E-state index contributed by atoms with van der Waals surface area (Å²) in [6, 6.07) is 2.00. The third-order valence-corrected chi connectivity index (χ3v) is 3.59. The lowest BCUT2D eigenvalue weighted by molar-refractivity contribution is 0.0247. The summed E-state index contributed by atoms with van der Waals surface area (Å²) in [7, 11) is 0. The number of aryl methyl sites for hydroxylation is 1. The van der Waals surface area contributed by atoms with Crippen LogP contribution in [0.4, 0.5) is 11.6 Å². The van der Waals surface area contributed by atoms with Gasteiger partial charge in [-0.05, 0) is 32.1 Å². The minimum atomic E-state index is 0.315. The molecule has 0 aromatic carbocycles. The molecule has 1 saturated heterocycles. The van der Waals surface area contributed by atoms with Gasteiger partial charge in [-0.3, -0.25) is 0 Å². The minimum absolute atomic E-state index is 0.315. The molecule has 2 heterocycles. The van der Waals surface area contributed by atoms with Crippen molar-refractivity contribution in [3.8, 4) is 0 Å². The lowest BCUT2D eigenvalue weighted by Gasteiger charge is -2.23. The van der Waals surface area contributed by atoms with Gasteiger partial charge < -0.3 is 15.4 Å². The number of aromatic nitrogens is 2.